The highest BCUT2D eigenvalue weighted by atomic mass is 35.5. The molecule has 1 aromatic heterocycles. The molecule has 0 bridgehead atoms. The quantitative estimate of drug-likeness (QED) is 0.358. The number of hydrazone groups is 1. The summed E-state index contributed by atoms with van der Waals surface area (Å²) in [5, 5.41) is 16.0. The Morgan fingerprint density at radius 2 is 1.64 bits per heavy atom. The second-order valence-electron chi connectivity index (χ2n) is 6.25. The van der Waals surface area contributed by atoms with Gasteiger partial charge in [0, 0.05) is 21.5 Å². The Morgan fingerprint density at radius 3 is 2.43 bits per heavy atom. The Balaban J connectivity index is 1.76. The van der Waals surface area contributed by atoms with E-state index in [1.807, 2.05) is 67.6 Å². The summed E-state index contributed by atoms with van der Waals surface area (Å²) in [5.41, 5.74) is 6.01. The van der Waals surface area contributed by atoms with E-state index in [0.29, 0.717) is 27.9 Å². The van der Waals surface area contributed by atoms with Gasteiger partial charge in [0.25, 0.3) is 0 Å². The van der Waals surface area contributed by atoms with E-state index in [9.17, 15) is 5.11 Å². The minimum absolute atomic E-state index is 0.181. The van der Waals surface area contributed by atoms with E-state index in [0.717, 1.165) is 16.5 Å². The summed E-state index contributed by atoms with van der Waals surface area (Å²) in [6, 6.07) is 22.2. The lowest BCUT2D eigenvalue weighted by Gasteiger charge is -2.09. The first kappa shape index (κ1) is 17.9. The fraction of sp³-hybridized carbons (Fsp3) is 0.0455. The highest BCUT2D eigenvalue weighted by Crippen LogP contribution is 2.26. The molecule has 28 heavy (non-hydrogen) atoms. The fourth-order valence-corrected chi connectivity index (χ4v) is 2.99. The van der Waals surface area contributed by atoms with Gasteiger partial charge in [-0.1, -0.05) is 35.9 Å². The van der Waals surface area contributed by atoms with Crippen LogP contribution in [0, 0.1) is 0 Å². The maximum absolute atomic E-state index is 10.0. The average Bonchev–Trinajstić information content (AvgIpc) is 2.72. The van der Waals surface area contributed by atoms with Crippen molar-refractivity contribution in [1.29, 1.82) is 0 Å². The van der Waals surface area contributed by atoms with Gasteiger partial charge < -0.3 is 5.11 Å². The maximum atomic E-state index is 10.0. The van der Waals surface area contributed by atoms with Crippen LogP contribution in [0.15, 0.2) is 77.9 Å². The number of nitrogens with zero attached hydrogens (tertiary/aromatic N) is 3. The standard InChI is InChI=1S/C22H17ClN4O/c1-14(17-6-3-5-9-20(17)28)26-27-22-18-7-2-4-8-19(18)24-21(25-22)15-10-12-16(23)13-11-15/h2-13,28H,1H3,(H,24,25,27)/b26-14-. The molecule has 0 fully saturated rings. The Bertz CT molecular complexity index is 1170. The third-order valence-corrected chi connectivity index (χ3v) is 4.58. The van der Waals surface area contributed by atoms with Crippen molar-refractivity contribution < 1.29 is 5.11 Å². The number of halogens is 1. The number of benzene rings is 3. The van der Waals surface area contributed by atoms with Gasteiger partial charge in [0.2, 0.25) is 0 Å². The minimum atomic E-state index is 0.181. The Morgan fingerprint density at radius 1 is 0.929 bits per heavy atom. The topological polar surface area (TPSA) is 70.4 Å². The smallest absolute Gasteiger partial charge is 0.162 e. The molecular weight excluding hydrogens is 372 g/mol. The highest BCUT2D eigenvalue weighted by molar-refractivity contribution is 6.30. The van der Waals surface area contributed by atoms with Gasteiger partial charge >= 0.3 is 0 Å². The zero-order valence-corrected chi connectivity index (χ0v) is 15.9. The molecular formula is C22H17ClN4O. The van der Waals surface area contributed by atoms with Gasteiger partial charge in [0.1, 0.15) is 5.75 Å². The van der Waals surface area contributed by atoms with Gasteiger partial charge in [-0.15, -0.1) is 0 Å². The largest absolute Gasteiger partial charge is 0.507 e. The fourth-order valence-electron chi connectivity index (χ4n) is 2.87. The van der Waals surface area contributed by atoms with Gasteiger partial charge in [-0.05, 0) is 55.5 Å². The van der Waals surface area contributed by atoms with Crippen molar-refractivity contribution in [3.8, 4) is 17.1 Å². The molecule has 0 amide bonds. The van der Waals surface area contributed by atoms with Gasteiger partial charge in [0.05, 0.1) is 11.2 Å². The maximum Gasteiger partial charge on any atom is 0.162 e. The second-order valence-corrected chi connectivity index (χ2v) is 6.68. The number of para-hydroxylation sites is 2. The van der Waals surface area contributed by atoms with Crippen LogP contribution in [0.25, 0.3) is 22.3 Å². The first-order valence-corrected chi connectivity index (χ1v) is 9.11. The molecule has 4 rings (SSSR count). The lowest BCUT2D eigenvalue weighted by molar-refractivity contribution is 0.474. The molecule has 138 valence electrons. The monoisotopic (exact) mass is 388 g/mol. The molecule has 0 saturated heterocycles. The summed E-state index contributed by atoms with van der Waals surface area (Å²) in [4.78, 5) is 9.31. The molecule has 2 N–H and O–H groups in total. The zero-order chi connectivity index (χ0) is 19.5. The molecule has 5 nitrogen and oxygen atoms in total. The number of anilines is 1. The number of aromatic hydroxyl groups is 1. The van der Waals surface area contributed by atoms with E-state index in [2.05, 4.69) is 20.5 Å². The molecule has 3 aromatic carbocycles. The van der Waals surface area contributed by atoms with E-state index in [4.69, 9.17) is 11.6 Å². The number of aromatic nitrogens is 2. The number of phenols is 1. The molecule has 0 aliphatic heterocycles. The van der Waals surface area contributed by atoms with Gasteiger partial charge in [-0.3, -0.25) is 5.43 Å². The third kappa shape index (κ3) is 3.66. The van der Waals surface area contributed by atoms with Crippen molar-refractivity contribution in [3.63, 3.8) is 0 Å². The molecule has 4 aromatic rings. The number of rotatable bonds is 4. The molecule has 0 atom stereocenters. The number of nitrogens with one attached hydrogen (secondary N) is 1. The van der Waals surface area contributed by atoms with Crippen molar-refractivity contribution in [2.75, 3.05) is 5.43 Å². The summed E-state index contributed by atoms with van der Waals surface area (Å²) >= 11 is 5.99. The molecule has 0 spiro atoms. The molecule has 0 saturated carbocycles. The van der Waals surface area contributed by atoms with Crippen LogP contribution >= 0.6 is 11.6 Å². The number of hydrogen-bond donors (Lipinski definition) is 2. The molecule has 0 aliphatic carbocycles. The molecule has 6 heteroatoms. The summed E-state index contributed by atoms with van der Waals surface area (Å²) in [7, 11) is 0. The molecule has 0 radical (unpaired) electrons. The predicted molar refractivity (Wildman–Crippen MR) is 114 cm³/mol. The molecule has 0 unspecified atom stereocenters. The van der Waals surface area contributed by atoms with Crippen LogP contribution in [0.2, 0.25) is 5.02 Å². The number of hydrogen-bond acceptors (Lipinski definition) is 5. The zero-order valence-electron chi connectivity index (χ0n) is 15.1. The van der Waals surface area contributed by atoms with Crippen LogP contribution < -0.4 is 5.43 Å². The van der Waals surface area contributed by atoms with Crippen molar-refractivity contribution in [3.05, 3.63) is 83.4 Å². The molecule has 1 heterocycles. The van der Waals surface area contributed by atoms with E-state index in [1.54, 1.807) is 12.1 Å². The summed E-state index contributed by atoms with van der Waals surface area (Å²) in [5.74, 6) is 1.35. The van der Waals surface area contributed by atoms with Gasteiger partial charge in [-0.25, -0.2) is 9.97 Å². The van der Waals surface area contributed by atoms with Crippen molar-refractivity contribution >= 4 is 34.0 Å². The van der Waals surface area contributed by atoms with Crippen LogP contribution in [0.1, 0.15) is 12.5 Å². The Labute approximate surface area is 167 Å². The van der Waals surface area contributed by atoms with Gasteiger partial charge in [-0.2, -0.15) is 5.10 Å². The van der Waals surface area contributed by atoms with Crippen molar-refractivity contribution in [1.82, 2.24) is 9.97 Å². The first-order valence-electron chi connectivity index (χ1n) is 8.73. The van der Waals surface area contributed by atoms with Crippen molar-refractivity contribution in [2.45, 2.75) is 6.92 Å². The van der Waals surface area contributed by atoms with Crippen LogP contribution in [0.3, 0.4) is 0 Å². The normalized spacial score (nSPS) is 11.6. The lowest BCUT2D eigenvalue weighted by Crippen LogP contribution is -2.03. The van der Waals surface area contributed by atoms with Crippen molar-refractivity contribution in [2.24, 2.45) is 5.10 Å². The van der Waals surface area contributed by atoms with Crippen LogP contribution in [-0.4, -0.2) is 20.8 Å². The van der Waals surface area contributed by atoms with E-state index in [-0.39, 0.29) is 5.75 Å². The van der Waals surface area contributed by atoms with Gasteiger partial charge in [0.15, 0.2) is 11.6 Å². The molecule has 0 aliphatic rings. The van der Waals surface area contributed by atoms with E-state index < -0.39 is 0 Å². The van der Waals surface area contributed by atoms with Crippen LogP contribution in [0.4, 0.5) is 5.82 Å². The summed E-state index contributed by atoms with van der Waals surface area (Å²) < 4.78 is 0. The number of phenolic OH excluding ortho intramolecular Hbond substituents is 1. The summed E-state index contributed by atoms with van der Waals surface area (Å²) in [6.07, 6.45) is 0. The predicted octanol–water partition coefficient (Wildman–Crippen LogP) is 5.49. The summed E-state index contributed by atoms with van der Waals surface area (Å²) in [6.45, 7) is 1.82. The SMILES string of the molecule is C/C(=N/Nc1nc(-c2ccc(Cl)cc2)nc2ccccc12)c1ccccc1O. The Kier molecular flexibility index (Phi) is 4.91. The Hall–Kier alpha value is -3.44. The highest BCUT2D eigenvalue weighted by Gasteiger charge is 2.10. The third-order valence-electron chi connectivity index (χ3n) is 4.33. The van der Waals surface area contributed by atoms with Crippen LogP contribution in [-0.2, 0) is 0 Å². The van der Waals surface area contributed by atoms with E-state index >= 15 is 0 Å². The average molecular weight is 389 g/mol. The van der Waals surface area contributed by atoms with Crippen LogP contribution in [0.5, 0.6) is 5.75 Å². The first-order chi connectivity index (χ1) is 13.6. The minimum Gasteiger partial charge on any atom is -0.507 e. The number of fused-ring (bicyclic) bond motifs is 1. The second kappa shape index (κ2) is 7.66. The lowest BCUT2D eigenvalue weighted by atomic mass is 10.1. The van der Waals surface area contributed by atoms with E-state index in [1.165, 1.54) is 0 Å².